The van der Waals surface area contributed by atoms with Crippen molar-refractivity contribution in [2.45, 2.75) is 18.3 Å². The van der Waals surface area contributed by atoms with Crippen LogP contribution in [0.15, 0.2) is 30.0 Å². The van der Waals surface area contributed by atoms with E-state index in [-0.39, 0.29) is 12.2 Å². The standard InChI is InChI=1S/C18H20ClF3N4O2/c1-18(21,22)15-10(20)5-4-6-11(15)23-16(27)14-9(8-25(2)17(14)28)12-7-13(19)24-26(12)3/h4-7,9,13-14,24H,8H2,1-3H3,(H,23,27)/t9-,13?,14+/m1/s1. The van der Waals surface area contributed by atoms with Gasteiger partial charge in [-0.3, -0.25) is 9.59 Å². The van der Waals surface area contributed by atoms with E-state index in [1.54, 1.807) is 25.2 Å². The zero-order valence-corrected chi connectivity index (χ0v) is 16.2. The highest BCUT2D eigenvalue weighted by atomic mass is 35.5. The van der Waals surface area contributed by atoms with Gasteiger partial charge in [0.05, 0.1) is 11.3 Å². The van der Waals surface area contributed by atoms with Gasteiger partial charge in [0, 0.05) is 39.2 Å². The van der Waals surface area contributed by atoms with Gasteiger partial charge < -0.3 is 15.2 Å². The third-order valence-electron chi connectivity index (χ3n) is 4.91. The summed E-state index contributed by atoms with van der Waals surface area (Å²) in [5.41, 5.74) is 1.80. The van der Waals surface area contributed by atoms with E-state index < -0.39 is 46.5 Å². The normalized spacial score (nSPS) is 25.3. The summed E-state index contributed by atoms with van der Waals surface area (Å²) in [4.78, 5) is 26.9. The predicted molar refractivity (Wildman–Crippen MR) is 97.8 cm³/mol. The molecule has 2 aliphatic rings. The van der Waals surface area contributed by atoms with Crippen molar-refractivity contribution in [3.05, 3.63) is 41.4 Å². The Morgan fingerprint density at radius 3 is 2.61 bits per heavy atom. The Hall–Kier alpha value is -2.26. The Kier molecular flexibility index (Phi) is 5.33. The first-order valence-electron chi connectivity index (χ1n) is 8.59. The zero-order valence-electron chi connectivity index (χ0n) is 15.5. The summed E-state index contributed by atoms with van der Waals surface area (Å²) in [6.45, 7) is 0.807. The molecule has 28 heavy (non-hydrogen) atoms. The Morgan fingerprint density at radius 2 is 2.04 bits per heavy atom. The molecule has 2 amide bonds. The van der Waals surface area contributed by atoms with Crippen LogP contribution in [0.1, 0.15) is 12.5 Å². The number of amides is 2. The Balaban J connectivity index is 1.92. The second-order valence-corrected chi connectivity index (χ2v) is 7.49. The minimum Gasteiger partial charge on any atom is -0.344 e. The molecule has 3 atom stereocenters. The van der Waals surface area contributed by atoms with Crippen molar-refractivity contribution < 1.29 is 22.8 Å². The van der Waals surface area contributed by atoms with Gasteiger partial charge in [0.1, 0.15) is 17.2 Å². The third kappa shape index (κ3) is 3.68. The molecule has 1 fully saturated rings. The number of hydrazine groups is 1. The van der Waals surface area contributed by atoms with Crippen LogP contribution in [0.2, 0.25) is 0 Å². The van der Waals surface area contributed by atoms with Gasteiger partial charge in [-0.15, -0.1) is 0 Å². The van der Waals surface area contributed by atoms with Crippen LogP contribution < -0.4 is 10.7 Å². The van der Waals surface area contributed by atoms with Crippen molar-refractivity contribution >= 4 is 29.1 Å². The summed E-state index contributed by atoms with van der Waals surface area (Å²) in [6.07, 6.45) is 1.69. The molecule has 2 heterocycles. The Morgan fingerprint density at radius 1 is 1.36 bits per heavy atom. The zero-order chi connectivity index (χ0) is 20.8. The van der Waals surface area contributed by atoms with Gasteiger partial charge in [-0.1, -0.05) is 17.7 Å². The fourth-order valence-corrected chi connectivity index (χ4v) is 3.95. The van der Waals surface area contributed by atoms with Gasteiger partial charge in [-0.2, -0.15) is 0 Å². The van der Waals surface area contributed by atoms with Crippen molar-refractivity contribution in [3.8, 4) is 0 Å². The topological polar surface area (TPSA) is 64.7 Å². The van der Waals surface area contributed by atoms with E-state index in [2.05, 4.69) is 10.7 Å². The molecule has 6 nitrogen and oxygen atoms in total. The van der Waals surface area contributed by atoms with E-state index in [1.807, 2.05) is 0 Å². The van der Waals surface area contributed by atoms with E-state index in [9.17, 15) is 22.8 Å². The lowest BCUT2D eigenvalue weighted by Gasteiger charge is -2.25. The molecule has 152 valence electrons. The van der Waals surface area contributed by atoms with Crippen molar-refractivity contribution in [2.75, 3.05) is 26.0 Å². The third-order valence-corrected chi connectivity index (χ3v) is 5.13. The lowest BCUT2D eigenvalue weighted by atomic mass is 9.91. The van der Waals surface area contributed by atoms with Crippen molar-refractivity contribution in [1.82, 2.24) is 15.3 Å². The number of likely N-dealkylation sites (tertiary alicyclic amines) is 1. The van der Waals surface area contributed by atoms with Crippen LogP contribution in [0.3, 0.4) is 0 Å². The highest BCUT2D eigenvalue weighted by Gasteiger charge is 2.47. The molecule has 1 aromatic rings. The van der Waals surface area contributed by atoms with Crippen LogP contribution in [-0.4, -0.2) is 47.9 Å². The van der Waals surface area contributed by atoms with Crippen molar-refractivity contribution in [3.63, 3.8) is 0 Å². The summed E-state index contributed by atoms with van der Waals surface area (Å²) in [7, 11) is 3.26. The van der Waals surface area contributed by atoms with Crippen LogP contribution >= 0.6 is 11.6 Å². The molecule has 0 spiro atoms. The summed E-state index contributed by atoms with van der Waals surface area (Å²) in [6, 6.07) is 3.29. The number of halogens is 4. The quantitative estimate of drug-likeness (QED) is 0.449. The second-order valence-electron chi connectivity index (χ2n) is 7.02. The van der Waals surface area contributed by atoms with Crippen molar-refractivity contribution in [2.24, 2.45) is 11.8 Å². The minimum atomic E-state index is -3.51. The van der Waals surface area contributed by atoms with E-state index in [4.69, 9.17) is 11.6 Å². The van der Waals surface area contributed by atoms with Gasteiger partial charge in [-0.25, -0.2) is 18.6 Å². The molecule has 0 bridgehead atoms. The molecule has 2 aliphatic heterocycles. The van der Waals surface area contributed by atoms with Gasteiger partial charge in [-0.05, 0) is 18.2 Å². The number of hydrogen-bond donors (Lipinski definition) is 2. The summed E-state index contributed by atoms with van der Waals surface area (Å²) in [5.74, 6) is -7.54. The van der Waals surface area contributed by atoms with E-state index in [0.717, 1.165) is 6.07 Å². The maximum atomic E-state index is 14.0. The molecule has 1 saturated heterocycles. The van der Waals surface area contributed by atoms with Crippen LogP contribution in [0.5, 0.6) is 0 Å². The number of anilines is 1. The molecule has 0 aromatic heterocycles. The summed E-state index contributed by atoms with van der Waals surface area (Å²) >= 11 is 6.05. The van der Waals surface area contributed by atoms with E-state index in [1.165, 1.54) is 17.0 Å². The average Bonchev–Trinajstić information content (AvgIpc) is 3.05. The fourth-order valence-electron chi connectivity index (χ4n) is 3.67. The highest BCUT2D eigenvalue weighted by molar-refractivity contribution is 6.21. The number of carbonyl (C=O) groups excluding carboxylic acids is 2. The monoisotopic (exact) mass is 416 g/mol. The molecule has 3 rings (SSSR count). The van der Waals surface area contributed by atoms with Gasteiger partial charge in [0.2, 0.25) is 11.8 Å². The summed E-state index contributed by atoms with van der Waals surface area (Å²) < 4.78 is 41.7. The number of nitrogens with zero attached hydrogens (tertiary/aromatic N) is 2. The van der Waals surface area contributed by atoms with Crippen LogP contribution in [0.4, 0.5) is 18.9 Å². The van der Waals surface area contributed by atoms with Crippen molar-refractivity contribution in [1.29, 1.82) is 0 Å². The van der Waals surface area contributed by atoms with Gasteiger partial charge >= 0.3 is 0 Å². The fraction of sp³-hybridized carbons (Fsp3) is 0.444. The molecule has 2 N–H and O–H groups in total. The number of carbonyl (C=O) groups is 2. The molecule has 10 heteroatoms. The molecular weight excluding hydrogens is 397 g/mol. The van der Waals surface area contributed by atoms with E-state index >= 15 is 0 Å². The van der Waals surface area contributed by atoms with Crippen LogP contribution in [-0.2, 0) is 15.5 Å². The molecule has 0 saturated carbocycles. The smallest absolute Gasteiger partial charge is 0.275 e. The first-order chi connectivity index (χ1) is 13.0. The lowest BCUT2D eigenvalue weighted by Crippen LogP contribution is -2.38. The predicted octanol–water partition coefficient (Wildman–Crippen LogP) is 2.48. The SMILES string of the molecule is CN1C[C@H](C2=CC(Cl)NN2C)[C@@H](C(=O)Nc2cccc(F)c2C(C)(F)F)C1=O. The highest BCUT2D eigenvalue weighted by Crippen LogP contribution is 2.37. The number of alkyl halides is 3. The molecule has 1 aromatic carbocycles. The second kappa shape index (κ2) is 7.29. The van der Waals surface area contributed by atoms with Gasteiger partial charge in [0.25, 0.3) is 5.92 Å². The Labute approximate surface area is 165 Å². The number of rotatable bonds is 4. The summed E-state index contributed by atoms with van der Waals surface area (Å²) in [5, 5.41) is 3.95. The number of nitrogens with one attached hydrogen (secondary N) is 2. The molecule has 0 radical (unpaired) electrons. The minimum absolute atomic E-state index is 0.262. The first-order valence-corrected chi connectivity index (χ1v) is 9.02. The molecule has 0 aliphatic carbocycles. The average molecular weight is 417 g/mol. The molecule has 1 unspecified atom stereocenters. The van der Waals surface area contributed by atoms with Crippen LogP contribution in [0, 0.1) is 17.7 Å². The first kappa shape index (κ1) is 20.5. The lowest BCUT2D eigenvalue weighted by molar-refractivity contribution is -0.135. The maximum Gasteiger partial charge on any atom is 0.275 e. The van der Waals surface area contributed by atoms with Gasteiger partial charge in [0.15, 0.2) is 0 Å². The number of hydrogen-bond acceptors (Lipinski definition) is 4. The Bertz CT molecular complexity index is 843. The largest absolute Gasteiger partial charge is 0.344 e. The number of benzene rings is 1. The maximum absolute atomic E-state index is 14.0. The van der Waals surface area contributed by atoms with Crippen LogP contribution in [0.25, 0.3) is 0 Å². The van der Waals surface area contributed by atoms with E-state index in [0.29, 0.717) is 12.6 Å². The molecular formula is C18H20ClF3N4O2.